The monoisotopic (exact) mass is 770 g/mol. The van der Waals surface area contributed by atoms with Crippen molar-refractivity contribution in [2.45, 2.75) is 78.6 Å². The number of phenolic OH excluding ortho intramolecular Hbond substituents is 6. The van der Waals surface area contributed by atoms with Crippen LogP contribution < -0.4 is 14.8 Å². The third-order valence-corrected chi connectivity index (χ3v) is 12.5. The van der Waals surface area contributed by atoms with Crippen molar-refractivity contribution >= 4 is 21.5 Å². The maximum atomic E-state index is 12.5. The van der Waals surface area contributed by atoms with E-state index in [2.05, 4.69) is 24.1 Å². The van der Waals surface area contributed by atoms with Gasteiger partial charge in [0.05, 0.1) is 25.0 Å². The van der Waals surface area contributed by atoms with Crippen LogP contribution in [0, 0.1) is 13.8 Å². The topological polar surface area (TPSA) is 155 Å². The standard InChI is InChI=1S/C47H50N2O8/c1-20-10-26-28(42-32-14-22(3)48-24(5)40(32)34(50)18-36(42)52)16-30(46(54)44(26)38(12-20)56-8)31-17-29(27-11-21(2)13-39(57-9)45(27)47(31)55)43-33-15-23(4)49(7)25(6)41(33)35(51)19-37(43)53/h10-13,16-19,22-25,48,50-55H,14-15H2,1-9H3/t22-,23+,24-,25-/m1/s1. The molecular weight excluding hydrogens is 721 g/mol. The second kappa shape index (κ2) is 13.7. The van der Waals surface area contributed by atoms with Gasteiger partial charge in [0.1, 0.15) is 46.0 Å². The molecule has 0 saturated carbocycles. The SMILES string of the molecule is COc1cc(C)cc2c(-c3c(O)cc(O)c4c3C[C@H](C)N(C)[C@@H]4C)cc(-c3cc(-c4c(O)cc(O)c5c4C[C@@H](C)N[C@@H]5C)c4cc(C)cc(OC)c4c3O)c(O)c12. The van der Waals surface area contributed by atoms with Gasteiger partial charge in [0, 0.05) is 69.7 Å². The van der Waals surface area contributed by atoms with Crippen LogP contribution >= 0.6 is 0 Å². The largest absolute Gasteiger partial charge is 0.507 e. The summed E-state index contributed by atoms with van der Waals surface area (Å²) in [4.78, 5) is 2.19. The molecule has 6 aromatic carbocycles. The lowest BCUT2D eigenvalue weighted by Crippen LogP contribution is -2.38. The number of nitrogens with zero attached hydrogens (tertiary/aromatic N) is 1. The Labute approximate surface area is 332 Å². The first-order valence-corrected chi connectivity index (χ1v) is 19.4. The van der Waals surface area contributed by atoms with Crippen LogP contribution in [0.2, 0.25) is 0 Å². The summed E-state index contributed by atoms with van der Waals surface area (Å²) >= 11 is 0. The van der Waals surface area contributed by atoms with Crippen molar-refractivity contribution in [2.75, 3.05) is 21.3 Å². The van der Waals surface area contributed by atoms with Gasteiger partial charge >= 0.3 is 0 Å². The lowest BCUT2D eigenvalue weighted by molar-refractivity contribution is 0.176. The first kappa shape index (κ1) is 38.1. The number of benzene rings is 6. The second-order valence-electron chi connectivity index (χ2n) is 16.2. The molecule has 10 nitrogen and oxygen atoms in total. The van der Waals surface area contributed by atoms with Gasteiger partial charge in [-0.3, -0.25) is 4.90 Å². The van der Waals surface area contributed by atoms with E-state index < -0.39 is 0 Å². The highest BCUT2D eigenvalue weighted by molar-refractivity contribution is 6.13. The van der Waals surface area contributed by atoms with Crippen molar-refractivity contribution in [1.29, 1.82) is 0 Å². The molecule has 296 valence electrons. The number of ether oxygens (including phenoxy) is 2. The fourth-order valence-electron chi connectivity index (χ4n) is 9.74. The fraction of sp³-hybridized carbons (Fsp3) is 0.319. The number of likely N-dealkylation sites (N-methyl/N-ethyl adjacent to an activating group) is 1. The summed E-state index contributed by atoms with van der Waals surface area (Å²) < 4.78 is 11.8. The predicted octanol–water partition coefficient (Wildman–Crippen LogP) is 9.39. The molecule has 2 aliphatic heterocycles. The molecule has 4 atom stereocenters. The van der Waals surface area contributed by atoms with Crippen molar-refractivity contribution in [3.8, 4) is 79.4 Å². The molecular formula is C47H50N2O8. The van der Waals surface area contributed by atoms with Crippen LogP contribution in [0.25, 0.3) is 54.9 Å². The molecule has 0 radical (unpaired) electrons. The highest BCUT2D eigenvalue weighted by Gasteiger charge is 2.35. The number of fused-ring (bicyclic) bond motifs is 4. The van der Waals surface area contributed by atoms with Gasteiger partial charge in [0.15, 0.2) is 0 Å². The van der Waals surface area contributed by atoms with Crippen molar-refractivity contribution in [1.82, 2.24) is 10.2 Å². The Balaban J connectivity index is 1.55. The zero-order chi connectivity index (χ0) is 40.9. The summed E-state index contributed by atoms with van der Waals surface area (Å²) in [5.74, 6) is 0.224. The van der Waals surface area contributed by atoms with E-state index in [0.717, 1.165) is 22.3 Å². The zero-order valence-electron chi connectivity index (χ0n) is 33.8. The summed E-state index contributed by atoms with van der Waals surface area (Å²) in [5, 5.41) is 76.5. The van der Waals surface area contributed by atoms with E-state index >= 15 is 0 Å². The third kappa shape index (κ3) is 5.76. The van der Waals surface area contributed by atoms with Gasteiger partial charge in [-0.1, -0.05) is 12.1 Å². The molecule has 0 unspecified atom stereocenters. The molecule has 0 aromatic heterocycles. The Kier molecular flexibility index (Phi) is 9.13. The van der Waals surface area contributed by atoms with Gasteiger partial charge in [-0.2, -0.15) is 0 Å². The molecule has 0 aliphatic carbocycles. The minimum absolute atomic E-state index is 0.00430. The molecule has 0 saturated heterocycles. The Hall–Kier alpha value is -5.84. The van der Waals surface area contributed by atoms with Crippen molar-refractivity contribution < 1.29 is 40.1 Å². The Bertz CT molecular complexity index is 2670. The van der Waals surface area contributed by atoms with Crippen LogP contribution in [0.15, 0.2) is 48.5 Å². The fourth-order valence-corrected chi connectivity index (χ4v) is 9.74. The Morgan fingerprint density at radius 2 is 1.04 bits per heavy atom. The van der Waals surface area contributed by atoms with E-state index in [9.17, 15) is 30.6 Å². The highest BCUT2D eigenvalue weighted by atomic mass is 16.5. The van der Waals surface area contributed by atoms with Crippen LogP contribution in [-0.2, 0) is 12.8 Å². The molecule has 2 heterocycles. The van der Waals surface area contributed by atoms with Gasteiger partial charge in [0.25, 0.3) is 0 Å². The molecule has 6 aromatic rings. The van der Waals surface area contributed by atoms with Crippen molar-refractivity contribution in [3.05, 3.63) is 81.9 Å². The summed E-state index contributed by atoms with van der Waals surface area (Å²) in [6.45, 7) is 12.0. The lowest BCUT2D eigenvalue weighted by atomic mass is 9.80. The number of nitrogens with one attached hydrogen (secondary N) is 1. The molecule has 0 fully saturated rings. The molecule has 7 N–H and O–H groups in total. The minimum Gasteiger partial charge on any atom is -0.507 e. The summed E-state index contributed by atoms with van der Waals surface area (Å²) in [7, 11) is 5.08. The van der Waals surface area contributed by atoms with Gasteiger partial charge in [0.2, 0.25) is 0 Å². The third-order valence-electron chi connectivity index (χ3n) is 12.5. The lowest BCUT2D eigenvalue weighted by Gasteiger charge is -2.39. The normalized spacial score (nSPS) is 19.5. The van der Waals surface area contributed by atoms with Crippen LogP contribution in [0.3, 0.4) is 0 Å². The molecule has 0 spiro atoms. The van der Waals surface area contributed by atoms with E-state index in [0.29, 0.717) is 79.3 Å². The molecule has 0 bridgehead atoms. The molecule has 8 rings (SSSR count). The van der Waals surface area contributed by atoms with Gasteiger partial charge in [-0.05, 0) is 130 Å². The van der Waals surface area contributed by atoms with Crippen LogP contribution in [-0.4, -0.2) is 68.9 Å². The minimum atomic E-state index is -0.209. The van der Waals surface area contributed by atoms with E-state index in [-0.39, 0.29) is 69.8 Å². The number of hydrogen-bond acceptors (Lipinski definition) is 10. The average molecular weight is 771 g/mol. The zero-order valence-corrected chi connectivity index (χ0v) is 33.8. The molecule has 0 amide bonds. The highest BCUT2D eigenvalue weighted by Crippen LogP contribution is 2.56. The second-order valence-corrected chi connectivity index (χ2v) is 16.2. The molecule has 2 aliphatic rings. The summed E-state index contributed by atoms with van der Waals surface area (Å²) in [6, 6.07) is 13.6. The van der Waals surface area contributed by atoms with E-state index in [1.165, 1.54) is 26.4 Å². The first-order valence-electron chi connectivity index (χ1n) is 19.4. The van der Waals surface area contributed by atoms with E-state index in [1.807, 2.05) is 59.0 Å². The summed E-state index contributed by atoms with van der Waals surface area (Å²) in [5.41, 5.74) is 7.35. The van der Waals surface area contributed by atoms with E-state index in [1.54, 1.807) is 12.1 Å². The average Bonchev–Trinajstić information content (AvgIpc) is 3.14. The van der Waals surface area contributed by atoms with Gasteiger partial charge in [-0.25, -0.2) is 0 Å². The number of phenols is 6. The van der Waals surface area contributed by atoms with Crippen LogP contribution in [0.1, 0.15) is 73.2 Å². The number of rotatable bonds is 5. The number of aromatic hydroxyl groups is 6. The Morgan fingerprint density at radius 3 is 1.51 bits per heavy atom. The van der Waals surface area contributed by atoms with Gasteiger partial charge < -0.3 is 45.4 Å². The quantitative estimate of drug-likeness (QED) is 0.0902. The van der Waals surface area contributed by atoms with Crippen LogP contribution in [0.5, 0.6) is 46.0 Å². The summed E-state index contributed by atoms with van der Waals surface area (Å²) in [6.07, 6.45) is 1.05. The van der Waals surface area contributed by atoms with Crippen LogP contribution in [0.4, 0.5) is 0 Å². The Morgan fingerprint density at radius 1 is 0.579 bits per heavy atom. The molecule has 57 heavy (non-hydrogen) atoms. The van der Waals surface area contributed by atoms with Crippen molar-refractivity contribution in [3.63, 3.8) is 0 Å². The predicted molar refractivity (Wildman–Crippen MR) is 224 cm³/mol. The number of hydrogen-bond donors (Lipinski definition) is 7. The molecule has 10 heteroatoms. The smallest absolute Gasteiger partial charge is 0.135 e. The first-order chi connectivity index (χ1) is 27.1. The number of aryl methyl sites for hydroxylation is 2. The van der Waals surface area contributed by atoms with E-state index in [4.69, 9.17) is 9.47 Å². The van der Waals surface area contributed by atoms with Crippen molar-refractivity contribution in [2.24, 2.45) is 0 Å². The maximum absolute atomic E-state index is 12.5. The van der Waals surface area contributed by atoms with Gasteiger partial charge in [-0.15, -0.1) is 0 Å². The maximum Gasteiger partial charge on any atom is 0.135 e. The number of methoxy groups -OCH3 is 2.